The number of hydrogen-bond donors (Lipinski definition) is 0. The number of pyridine rings is 1. The largest absolute Gasteiger partial charge is 0.343 e. The number of aromatic nitrogens is 1. The van der Waals surface area contributed by atoms with Crippen LogP contribution in [-0.2, 0) is 0 Å². The molecule has 1 amide bonds. The van der Waals surface area contributed by atoms with Gasteiger partial charge >= 0.3 is 0 Å². The Morgan fingerprint density at radius 1 is 1.53 bits per heavy atom. The minimum atomic E-state index is -2.71. The third kappa shape index (κ3) is 2.71. The lowest BCUT2D eigenvalue weighted by Crippen LogP contribution is -2.24. The zero-order valence-corrected chi connectivity index (χ0v) is 9.75. The molecule has 82 valence electrons. The smallest absolute Gasteiger partial charge is 0.272 e. The van der Waals surface area contributed by atoms with Crippen molar-refractivity contribution >= 4 is 21.8 Å². The molecule has 0 saturated heterocycles. The van der Waals surface area contributed by atoms with Gasteiger partial charge in [0.2, 0.25) is 0 Å². The third-order valence-electron chi connectivity index (χ3n) is 1.73. The van der Waals surface area contributed by atoms with E-state index in [0.29, 0.717) is 4.47 Å². The summed E-state index contributed by atoms with van der Waals surface area (Å²) in [6.45, 7) is 0. The van der Waals surface area contributed by atoms with Crippen LogP contribution in [0.2, 0.25) is 0 Å². The van der Waals surface area contributed by atoms with Crippen LogP contribution >= 0.6 is 15.9 Å². The summed E-state index contributed by atoms with van der Waals surface area (Å²) in [5.74, 6) is -0.530. The van der Waals surface area contributed by atoms with Gasteiger partial charge in [-0.05, 0) is 22.0 Å². The normalized spacial score (nSPS) is 10.5. The minimum Gasteiger partial charge on any atom is -0.343 e. The molecule has 0 fully saturated rings. The molecule has 1 aromatic heterocycles. The highest BCUT2D eigenvalue weighted by Crippen LogP contribution is 2.25. The van der Waals surface area contributed by atoms with Crippen molar-refractivity contribution in [3.05, 3.63) is 28.0 Å². The van der Waals surface area contributed by atoms with Crippen LogP contribution < -0.4 is 0 Å². The van der Waals surface area contributed by atoms with Crippen molar-refractivity contribution in [2.45, 2.75) is 6.43 Å². The Bertz CT molecular complexity index is 382. The highest BCUT2D eigenvalue weighted by molar-refractivity contribution is 9.10. The van der Waals surface area contributed by atoms with Gasteiger partial charge in [0.1, 0.15) is 5.69 Å². The predicted molar refractivity (Wildman–Crippen MR) is 54.9 cm³/mol. The first kappa shape index (κ1) is 12.0. The van der Waals surface area contributed by atoms with Crippen LogP contribution in [0, 0.1) is 0 Å². The quantitative estimate of drug-likeness (QED) is 0.833. The molecule has 0 atom stereocenters. The Kier molecular flexibility index (Phi) is 3.73. The van der Waals surface area contributed by atoms with E-state index in [1.807, 2.05) is 0 Å². The number of hydrogen-bond acceptors (Lipinski definition) is 2. The molecule has 6 heteroatoms. The zero-order valence-electron chi connectivity index (χ0n) is 8.17. The zero-order chi connectivity index (χ0) is 11.6. The van der Waals surface area contributed by atoms with Crippen LogP contribution in [0.1, 0.15) is 22.5 Å². The Labute approximate surface area is 94.2 Å². The van der Waals surface area contributed by atoms with E-state index in [0.717, 1.165) is 0 Å². The molecule has 0 spiro atoms. The van der Waals surface area contributed by atoms with E-state index < -0.39 is 12.3 Å². The maximum atomic E-state index is 12.6. The molecule has 1 aromatic rings. The average Bonchev–Trinajstić information content (AvgIpc) is 2.16. The first-order chi connectivity index (χ1) is 6.93. The molecule has 0 aliphatic heterocycles. The lowest BCUT2D eigenvalue weighted by atomic mass is 10.2. The summed E-state index contributed by atoms with van der Waals surface area (Å²) in [5, 5.41) is 0. The molecular formula is C9H9BrF2N2O. The molecule has 0 saturated carbocycles. The van der Waals surface area contributed by atoms with Crippen molar-refractivity contribution in [3.8, 4) is 0 Å². The molecule has 0 aromatic carbocycles. The number of nitrogens with zero attached hydrogens (tertiary/aromatic N) is 2. The molecule has 15 heavy (non-hydrogen) atoms. The number of rotatable bonds is 2. The summed E-state index contributed by atoms with van der Waals surface area (Å²) in [4.78, 5) is 16.4. The Morgan fingerprint density at radius 3 is 2.60 bits per heavy atom. The maximum absolute atomic E-state index is 12.6. The standard InChI is InChI=1S/C9H9BrF2N2O/c1-14(2)9(15)7-6(8(11)12)3-5(10)4-13-7/h3-4,8H,1-2H3. The fourth-order valence-corrected chi connectivity index (χ4v) is 1.36. The SMILES string of the molecule is CN(C)C(=O)c1ncc(Br)cc1C(F)F. The number of halogens is 3. The van der Waals surface area contributed by atoms with Gasteiger partial charge in [-0.3, -0.25) is 4.79 Å². The van der Waals surface area contributed by atoms with E-state index in [9.17, 15) is 13.6 Å². The summed E-state index contributed by atoms with van der Waals surface area (Å²) in [5.41, 5.74) is -0.568. The molecule has 1 heterocycles. The van der Waals surface area contributed by atoms with Gasteiger partial charge in [-0.25, -0.2) is 13.8 Å². The summed E-state index contributed by atoms with van der Waals surface area (Å²) in [7, 11) is 2.97. The highest BCUT2D eigenvalue weighted by atomic mass is 79.9. The number of carbonyl (C=O) groups excluding carboxylic acids is 1. The minimum absolute atomic E-state index is 0.210. The van der Waals surface area contributed by atoms with Crippen LogP contribution in [0.25, 0.3) is 0 Å². The fraction of sp³-hybridized carbons (Fsp3) is 0.333. The summed E-state index contributed by atoms with van der Waals surface area (Å²) >= 11 is 3.03. The molecule has 0 radical (unpaired) electrons. The van der Waals surface area contributed by atoms with Crippen LogP contribution in [-0.4, -0.2) is 29.9 Å². The van der Waals surface area contributed by atoms with E-state index >= 15 is 0 Å². The lowest BCUT2D eigenvalue weighted by Gasteiger charge is -2.12. The van der Waals surface area contributed by atoms with Gasteiger partial charge in [-0.1, -0.05) is 0 Å². The molecular weight excluding hydrogens is 270 g/mol. The summed E-state index contributed by atoms with van der Waals surface area (Å²) < 4.78 is 25.6. The Morgan fingerprint density at radius 2 is 2.13 bits per heavy atom. The first-order valence-corrected chi connectivity index (χ1v) is 4.88. The lowest BCUT2D eigenvalue weighted by molar-refractivity contribution is 0.0808. The molecule has 0 N–H and O–H groups in total. The van der Waals surface area contributed by atoms with Crippen LogP contribution in [0.15, 0.2) is 16.7 Å². The van der Waals surface area contributed by atoms with Crippen LogP contribution in [0.4, 0.5) is 8.78 Å². The number of alkyl halides is 2. The van der Waals surface area contributed by atoms with E-state index in [4.69, 9.17) is 0 Å². The van der Waals surface area contributed by atoms with Crippen molar-refractivity contribution in [2.75, 3.05) is 14.1 Å². The molecule has 1 rings (SSSR count). The van der Waals surface area contributed by atoms with Gasteiger partial charge in [0, 0.05) is 24.8 Å². The highest BCUT2D eigenvalue weighted by Gasteiger charge is 2.21. The second-order valence-corrected chi connectivity index (χ2v) is 4.01. The van der Waals surface area contributed by atoms with Gasteiger partial charge in [0.25, 0.3) is 12.3 Å². The van der Waals surface area contributed by atoms with Crippen molar-refractivity contribution in [1.82, 2.24) is 9.88 Å². The number of carbonyl (C=O) groups is 1. The van der Waals surface area contributed by atoms with E-state index in [-0.39, 0.29) is 11.3 Å². The molecule has 0 aliphatic carbocycles. The van der Waals surface area contributed by atoms with Gasteiger partial charge in [-0.15, -0.1) is 0 Å². The van der Waals surface area contributed by atoms with Crippen molar-refractivity contribution in [2.24, 2.45) is 0 Å². The third-order valence-corrected chi connectivity index (χ3v) is 2.16. The van der Waals surface area contributed by atoms with Crippen molar-refractivity contribution < 1.29 is 13.6 Å². The molecule has 0 unspecified atom stereocenters. The molecule has 0 bridgehead atoms. The van der Waals surface area contributed by atoms with E-state index in [1.165, 1.54) is 31.3 Å². The van der Waals surface area contributed by atoms with E-state index in [1.54, 1.807) is 0 Å². The predicted octanol–water partition coefficient (Wildman–Crippen LogP) is 2.48. The van der Waals surface area contributed by atoms with Crippen LogP contribution in [0.3, 0.4) is 0 Å². The van der Waals surface area contributed by atoms with Crippen molar-refractivity contribution in [3.63, 3.8) is 0 Å². The fourth-order valence-electron chi connectivity index (χ4n) is 1.01. The monoisotopic (exact) mass is 278 g/mol. The van der Waals surface area contributed by atoms with Gasteiger partial charge in [-0.2, -0.15) is 0 Å². The van der Waals surface area contributed by atoms with E-state index in [2.05, 4.69) is 20.9 Å². The second-order valence-electron chi connectivity index (χ2n) is 3.09. The van der Waals surface area contributed by atoms with Crippen molar-refractivity contribution in [1.29, 1.82) is 0 Å². The first-order valence-electron chi connectivity index (χ1n) is 4.08. The summed E-state index contributed by atoms with van der Waals surface area (Å²) in [6.07, 6.45) is -1.39. The summed E-state index contributed by atoms with van der Waals surface area (Å²) in [6, 6.07) is 1.20. The Balaban J connectivity index is 3.23. The number of amides is 1. The maximum Gasteiger partial charge on any atom is 0.272 e. The van der Waals surface area contributed by atoms with Gasteiger partial charge in [0.15, 0.2) is 0 Å². The average molecular weight is 279 g/mol. The van der Waals surface area contributed by atoms with Gasteiger partial charge < -0.3 is 4.90 Å². The van der Waals surface area contributed by atoms with Crippen LogP contribution in [0.5, 0.6) is 0 Å². The molecule has 0 aliphatic rings. The van der Waals surface area contributed by atoms with Gasteiger partial charge in [0.05, 0.1) is 5.56 Å². The second kappa shape index (κ2) is 4.65. The topological polar surface area (TPSA) is 33.2 Å². The molecule has 3 nitrogen and oxygen atoms in total. The Hall–Kier alpha value is -1.04.